The molecule has 0 radical (unpaired) electrons. The first-order valence-corrected chi connectivity index (χ1v) is 11.6. The molecule has 1 saturated heterocycles. The molecule has 0 aliphatic carbocycles. The Morgan fingerprint density at radius 1 is 1.40 bits per heavy atom. The quantitative estimate of drug-likeness (QED) is 0.765. The van der Waals surface area contributed by atoms with E-state index in [9.17, 15) is 13.2 Å². The molecule has 0 saturated carbocycles. The van der Waals surface area contributed by atoms with Crippen molar-refractivity contribution >= 4 is 38.5 Å². The molecule has 25 heavy (non-hydrogen) atoms. The van der Waals surface area contributed by atoms with E-state index in [0.29, 0.717) is 13.0 Å². The monoisotopic (exact) mass is 381 g/mol. The van der Waals surface area contributed by atoms with Gasteiger partial charge in [-0.25, -0.2) is 13.4 Å². The first-order valence-electron chi connectivity index (χ1n) is 8.38. The lowest BCUT2D eigenvalue weighted by Gasteiger charge is -2.27. The van der Waals surface area contributed by atoms with E-state index in [4.69, 9.17) is 0 Å². The highest BCUT2D eigenvalue weighted by Crippen LogP contribution is 2.21. The molecule has 3 rings (SSSR count). The topological polar surface area (TPSA) is 72.3 Å². The number of carbonyl (C=O) groups excluding carboxylic acids is 1. The first-order chi connectivity index (χ1) is 11.9. The molecule has 1 aromatic heterocycles. The van der Waals surface area contributed by atoms with E-state index in [1.165, 1.54) is 0 Å². The van der Waals surface area contributed by atoms with Gasteiger partial charge < -0.3 is 9.47 Å². The first kappa shape index (κ1) is 18.3. The van der Waals surface area contributed by atoms with Gasteiger partial charge in [-0.1, -0.05) is 12.1 Å². The van der Waals surface area contributed by atoms with Crippen LogP contribution in [0, 0.1) is 0 Å². The summed E-state index contributed by atoms with van der Waals surface area (Å²) < 4.78 is 25.5. The fourth-order valence-electron chi connectivity index (χ4n) is 3.43. The van der Waals surface area contributed by atoms with Gasteiger partial charge in [-0.05, 0) is 31.7 Å². The SMILES string of the molecule is CCN(C(=O)Cn1c(CSC)nc2ccccc21)C1CCS(=O)(=O)C1. The lowest BCUT2D eigenvalue weighted by molar-refractivity contribution is -0.133. The number of hydrogen-bond donors (Lipinski definition) is 0. The highest BCUT2D eigenvalue weighted by molar-refractivity contribution is 7.97. The van der Waals surface area contributed by atoms with Crippen LogP contribution < -0.4 is 0 Å². The Morgan fingerprint density at radius 2 is 2.16 bits per heavy atom. The second-order valence-corrected chi connectivity index (χ2v) is 9.37. The standard InChI is InChI=1S/C17H23N3O3S2/c1-3-19(13-8-9-25(22,23)12-13)17(21)10-20-15-7-5-4-6-14(15)18-16(20)11-24-2/h4-7,13H,3,8-12H2,1-2H3. The molecule has 1 aliphatic heterocycles. The average molecular weight is 382 g/mol. The third kappa shape index (κ3) is 3.84. The summed E-state index contributed by atoms with van der Waals surface area (Å²) in [7, 11) is -3.01. The van der Waals surface area contributed by atoms with Crippen LogP contribution in [-0.2, 0) is 26.9 Å². The zero-order valence-electron chi connectivity index (χ0n) is 14.5. The number of para-hydroxylation sites is 2. The van der Waals surface area contributed by atoms with Crippen molar-refractivity contribution < 1.29 is 13.2 Å². The average Bonchev–Trinajstić information content (AvgIpc) is 3.09. The summed E-state index contributed by atoms with van der Waals surface area (Å²) in [6.07, 6.45) is 2.54. The largest absolute Gasteiger partial charge is 0.337 e. The number of nitrogens with zero attached hydrogens (tertiary/aromatic N) is 3. The third-order valence-electron chi connectivity index (χ3n) is 4.61. The van der Waals surface area contributed by atoms with Crippen LogP contribution >= 0.6 is 11.8 Å². The number of hydrogen-bond acceptors (Lipinski definition) is 5. The van der Waals surface area contributed by atoms with E-state index < -0.39 is 9.84 Å². The van der Waals surface area contributed by atoms with Crippen LogP contribution in [0.4, 0.5) is 0 Å². The van der Waals surface area contributed by atoms with Crippen LogP contribution in [0.5, 0.6) is 0 Å². The van der Waals surface area contributed by atoms with Crippen LogP contribution in [0.15, 0.2) is 24.3 Å². The molecule has 1 aliphatic rings. The lowest BCUT2D eigenvalue weighted by Crippen LogP contribution is -2.42. The van der Waals surface area contributed by atoms with Crippen molar-refractivity contribution in [1.82, 2.24) is 14.5 Å². The second-order valence-electron chi connectivity index (χ2n) is 6.27. The minimum atomic E-state index is -3.01. The summed E-state index contributed by atoms with van der Waals surface area (Å²) in [4.78, 5) is 19.3. The predicted molar refractivity (Wildman–Crippen MR) is 101 cm³/mol. The van der Waals surface area contributed by atoms with E-state index in [2.05, 4.69) is 4.98 Å². The Balaban J connectivity index is 1.86. The molecule has 8 heteroatoms. The minimum Gasteiger partial charge on any atom is -0.337 e. The van der Waals surface area contributed by atoms with Crippen molar-refractivity contribution in [3.05, 3.63) is 30.1 Å². The maximum Gasteiger partial charge on any atom is 0.242 e. The van der Waals surface area contributed by atoms with Gasteiger partial charge in [0.15, 0.2) is 9.84 Å². The van der Waals surface area contributed by atoms with Crippen LogP contribution in [-0.4, -0.2) is 59.1 Å². The minimum absolute atomic E-state index is 0.0462. The molecule has 6 nitrogen and oxygen atoms in total. The molecule has 1 aromatic carbocycles. The molecule has 0 bridgehead atoms. The summed E-state index contributed by atoms with van der Waals surface area (Å²) >= 11 is 1.66. The highest BCUT2D eigenvalue weighted by Gasteiger charge is 2.34. The molecule has 1 atom stereocenters. The molecule has 2 aromatic rings. The normalized spacial score (nSPS) is 19.4. The highest BCUT2D eigenvalue weighted by atomic mass is 32.2. The van der Waals surface area contributed by atoms with Gasteiger partial charge in [0.1, 0.15) is 12.4 Å². The second kappa shape index (κ2) is 7.37. The van der Waals surface area contributed by atoms with Gasteiger partial charge in [0.2, 0.25) is 5.91 Å². The van der Waals surface area contributed by atoms with Gasteiger partial charge >= 0.3 is 0 Å². The van der Waals surface area contributed by atoms with Crippen molar-refractivity contribution in [3.8, 4) is 0 Å². The number of sulfone groups is 1. The Labute approximate surface area is 152 Å². The number of imidazole rings is 1. The van der Waals surface area contributed by atoms with Crippen LogP contribution in [0.3, 0.4) is 0 Å². The van der Waals surface area contributed by atoms with Crippen molar-refractivity contribution in [2.45, 2.75) is 31.7 Å². The summed E-state index contributed by atoms with van der Waals surface area (Å²) in [5, 5.41) is 0. The Hall–Kier alpha value is -1.54. The molecule has 2 heterocycles. The fraction of sp³-hybridized carbons (Fsp3) is 0.529. The number of carbonyl (C=O) groups is 1. The van der Waals surface area contributed by atoms with Gasteiger partial charge in [0.05, 0.1) is 28.3 Å². The molecule has 0 spiro atoms. The van der Waals surface area contributed by atoms with E-state index in [-0.39, 0.29) is 30.0 Å². The van der Waals surface area contributed by atoms with Crippen molar-refractivity contribution in [2.75, 3.05) is 24.3 Å². The number of likely N-dealkylation sites (N-methyl/N-ethyl adjacent to an activating group) is 1. The number of fused-ring (bicyclic) bond motifs is 1. The lowest BCUT2D eigenvalue weighted by atomic mass is 10.2. The van der Waals surface area contributed by atoms with Gasteiger partial charge in [-0.15, -0.1) is 0 Å². The number of benzene rings is 1. The summed E-state index contributed by atoms with van der Waals surface area (Å²) in [5.74, 6) is 1.81. The maximum absolute atomic E-state index is 12.9. The number of thioether (sulfide) groups is 1. The van der Waals surface area contributed by atoms with Crippen molar-refractivity contribution in [2.24, 2.45) is 0 Å². The Morgan fingerprint density at radius 3 is 2.80 bits per heavy atom. The molecule has 1 unspecified atom stereocenters. The summed E-state index contributed by atoms with van der Waals surface area (Å²) in [6, 6.07) is 7.58. The number of rotatable bonds is 6. The van der Waals surface area contributed by atoms with E-state index in [0.717, 1.165) is 22.6 Å². The smallest absolute Gasteiger partial charge is 0.242 e. The number of amides is 1. The zero-order valence-corrected chi connectivity index (χ0v) is 16.1. The van der Waals surface area contributed by atoms with Crippen LogP contribution in [0.25, 0.3) is 11.0 Å². The van der Waals surface area contributed by atoms with Crippen LogP contribution in [0.2, 0.25) is 0 Å². The van der Waals surface area contributed by atoms with E-state index in [1.807, 2.05) is 42.0 Å². The molecule has 1 fully saturated rings. The molecular formula is C17H23N3O3S2. The molecule has 1 amide bonds. The molecular weight excluding hydrogens is 358 g/mol. The van der Waals surface area contributed by atoms with Gasteiger partial charge in [0.25, 0.3) is 0 Å². The van der Waals surface area contributed by atoms with Crippen molar-refractivity contribution in [3.63, 3.8) is 0 Å². The summed E-state index contributed by atoms with van der Waals surface area (Å²) in [5.41, 5.74) is 1.82. The van der Waals surface area contributed by atoms with Gasteiger partial charge in [-0.2, -0.15) is 11.8 Å². The van der Waals surface area contributed by atoms with Gasteiger partial charge in [0, 0.05) is 12.6 Å². The van der Waals surface area contributed by atoms with Crippen molar-refractivity contribution in [1.29, 1.82) is 0 Å². The molecule has 136 valence electrons. The van der Waals surface area contributed by atoms with Gasteiger partial charge in [-0.3, -0.25) is 4.79 Å². The Kier molecular flexibility index (Phi) is 5.38. The fourth-order valence-corrected chi connectivity index (χ4v) is 5.64. The maximum atomic E-state index is 12.9. The summed E-state index contributed by atoms with van der Waals surface area (Å²) in [6.45, 7) is 2.61. The predicted octanol–water partition coefficient (Wildman–Crippen LogP) is 1.93. The van der Waals surface area contributed by atoms with E-state index >= 15 is 0 Å². The zero-order chi connectivity index (χ0) is 18.0. The Bertz CT molecular complexity index is 876. The number of aromatic nitrogens is 2. The third-order valence-corrected chi connectivity index (χ3v) is 6.91. The molecule has 0 N–H and O–H groups in total. The van der Waals surface area contributed by atoms with E-state index in [1.54, 1.807) is 16.7 Å². The van der Waals surface area contributed by atoms with Crippen LogP contribution in [0.1, 0.15) is 19.2 Å².